The standard InChI is InChI=1S/C18H20N6O2/c1-2-24-16-5-3-13(11-15(16)21-22-24)18(25)20-17-6-4-14(12-19-17)23-7-9-26-10-8-23/h3-6,11-12H,2,7-10H2,1H3,(H,19,20,25). The first-order chi connectivity index (χ1) is 12.7. The molecule has 0 atom stereocenters. The molecular weight excluding hydrogens is 332 g/mol. The number of aryl methyl sites for hydroxylation is 1. The maximum Gasteiger partial charge on any atom is 0.256 e. The summed E-state index contributed by atoms with van der Waals surface area (Å²) in [6.45, 7) is 5.90. The Morgan fingerprint density at radius 1 is 1.23 bits per heavy atom. The van der Waals surface area contributed by atoms with Gasteiger partial charge in [0.2, 0.25) is 0 Å². The van der Waals surface area contributed by atoms with Gasteiger partial charge in [0.05, 0.1) is 30.6 Å². The van der Waals surface area contributed by atoms with E-state index in [-0.39, 0.29) is 5.91 Å². The largest absolute Gasteiger partial charge is 0.378 e. The fraction of sp³-hybridized carbons (Fsp3) is 0.333. The lowest BCUT2D eigenvalue weighted by molar-refractivity contribution is 0.102. The number of benzene rings is 1. The molecule has 8 nitrogen and oxygen atoms in total. The van der Waals surface area contributed by atoms with Gasteiger partial charge in [0.15, 0.2) is 0 Å². The van der Waals surface area contributed by atoms with Gasteiger partial charge in [0, 0.05) is 25.2 Å². The van der Waals surface area contributed by atoms with E-state index in [2.05, 4.69) is 25.5 Å². The molecule has 1 amide bonds. The third-order valence-corrected chi connectivity index (χ3v) is 4.44. The van der Waals surface area contributed by atoms with Crippen molar-refractivity contribution in [1.29, 1.82) is 0 Å². The average molecular weight is 352 g/mol. The van der Waals surface area contributed by atoms with Crippen LogP contribution in [0.1, 0.15) is 17.3 Å². The van der Waals surface area contributed by atoms with Crippen LogP contribution in [0.5, 0.6) is 0 Å². The second kappa shape index (κ2) is 7.09. The van der Waals surface area contributed by atoms with Crippen LogP contribution in [0, 0.1) is 0 Å². The number of morpholine rings is 1. The van der Waals surface area contributed by atoms with Crippen molar-refractivity contribution in [3.8, 4) is 0 Å². The Kier molecular flexibility index (Phi) is 4.49. The van der Waals surface area contributed by atoms with Crippen molar-refractivity contribution in [2.45, 2.75) is 13.5 Å². The fourth-order valence-corrected chi connectivity index (χ4v) is 3.00. The molecule has 0 spiro atoms. The van der Waals surface area contributed by atoms with Crippen LogP contribution >= 0.6 is 0 Å². The number of pyridine rings is 1. The summed E-state index contributed by atoms with van der Waals surface area (Å²) >= 11 is 0. The number of anilines is 2. The quantitative estimate of drug-likeness (QED) is 0.772. The molecule has 1 saturated heterocycles. The lowest BCUT2D eigenvalue weighted by atomic mass is 10.2. The lowest BCUT2D eigenvalue weighted by Crippen LogP contribution is -2.36. The Bertz CT molecular complexity index is 915. The number of carbonyl (C=O) groups is 1. The first-order valence-electron chi connectivity index (χ1n) is 8.68. The monoisotopic (exact) mass is 352 g/mol. The predicted octanol–water partition coefficient (Wildman–Crippen LogP) is 1.94. The summed E-state index contributed by atoms with van der Waals surface area (Å²) in [6, 6.07) is 9.16. The molecule has 3 aromatic rings. The third kappa shape index (κ3) is 3.23. The van der Waals surface area contributed by atoms with E-state index in [4.69, 9.17) is 4.74 Å². The predicted molar refractivity (Wildman–Crippen MR) is 98.4 cm³/mol. The Labute approximate surface area is 150 Å². The van der Waals surface area contributed by atoms with E-state index in [1.54, 1.807) is 23.0 Å². The zero-order chi connectivity index (χ0) is 17.9. The minimum absolute atomic E-state index is 0.218. The summed E-state index contributed by atoms with van der Waals surface area (Å²) in [6.07, 6.45) is 1.77. The topological polar surface area (TPSA) is 85.2 Å². The minimum atomic E-state index is -0.218. The minimum Gasteiger partial charge on any atom is -0.378 e. The molecule has 0 radical (unpaired) electrons. The summed E-state index contributed by atoms with van der Waals surface area (Å²) < 4.78 is 7.15. The summed E-state index contributed by atoms with van der Waals surface area (Å²) in [5.41, 5.74) is 3.18. The summed E-state index contributed by atoms with van der Waals surface area (Å²) in [5.74, 6) is 0.300. The number of amides is 1. The average Bonchev–Trinajstić information content (AvgIpc) is 3.11. The number of hydrogen-bond donors (Lipinski definition) is 1. The van der Waals surface area contributed by atoms with Crippen molar-refractivity contribution in [1.82, 2.24) is 20.0 Å². The molecule has 1 N–H and O–H groups in total. The van der Waals surface area contributed by atoms with Crippen LogP contribution in [0.4, 0.5) is 11.5 Å². The van der Waals surface area contributed by atoms with E-state index < -0.39 is 0 Å². The first-order valence-corrected chi connectivity index (χ1v) is 8.68. The number of nitrogens with one attached hydrogen (secondary N) is 1. The highest BCUT2D eigenvalue weighted by molar-refractivity contribution is 6.05. The van der Waals surface area contributed by atoms with Gasteiger partial charge < -0.3 is 15.0 Å². The number of ether oxygens (including phenoxy) is 1. The van der Waals surface area contributed by atoms with Crippen LogP contribution in [0.3, 0.4) is 0 Å². The van der Waals surface area contributed by atoms with Gasteiger partial charge >= 0.3 is 0 Å². The lowest BCUT2D eigenvalue weighted by Gasteiger charge is -2.28. The molecule has 0 aliphatic carbocycles. The van der Waals surface area contributed by atoms with Crippen molar-refractivity contribution in [3.63, 3.8) is 0 Å². The van der Waals surface area contributed by atoms with E-state index in [0.717, 1.165) is 44.1 Å². The van der Waals surface area contributed by atoms with Crippen molar-refractivity contribution in [2.24, 2.45) is 0 Å². The number of aromatic nitrogens is 4. The summed E-state index contributed by atoms with van der Waals surface area (Å²) in [4.78, 5) is 19.1. The van der Waals surface area contributed by atoms with E-state index >= 15 is 0 Å². The molecule has 1 aromatic carbocycles. The highest BCUT2D eigenvalue weighted by Crippen LogP contribution is 2.18. The Morgan fingerprint density at radius 2 is 2.08 bits per heavy atom. The molecule has 1 aliphatic rings. The molecule has 1 fully saturated rings. The molecule has 2 aromatic heterocycles. The number of carbonyl (C=O) groups excluding carboxylic acids is 1. The maximum absolute atomic E-state index is 12.5. The summed E-state index contributed by atoms with van der Waals surface area (Å²) in [7, 11) is 0. The van der Waals surface area contributed by atoms with Gasteiger partial charge in [-0.2, -0.15) is 0 Å². The van der Waals surface area contributed by atoms with Crippen LogP contribution in [-0.2, 0) is 11.3 Å². The maximum atomic E-state index is 12.5. The number of nitrogens with zero attached hydrogens (tertiary/aromatic N) is 5. The molecule has 4 rings (SSSR count). The van der Waals surface area contributed by atoms with Gasteiger partial charge in [-0.3, -0.25) is 4.79 Å². The van der Waals surface area contributed by atoms with E-state index in [0.29, 0.717) is 16.9 Å². The van der Waals surface area contributed by atoms with Crippen molar-refractivity contribution < 1.29 is 9.53 Å². The second-order valence-electron chi connectivity index (χ2n) is 6.06. The zero-order valence-electron chi connectivity index (χ0n) is 14.6. The van der Waals surface area contributed by atoms with Crippen molar-refractivity contribution in [2.75, 3.05) is 36.5 Å². The number of fused-ring (bicyclic) bond motifs is 1. The molecule has 0 saturated carbocycles. The Hall–Kier alpha value is -3.00. The van der Waals surface area contributed by atoms with E-state index in [1.807, 2.05) is 25.1 Å². The molecule has 8 heteroatoms. The van der Waals surface area contributed by atoms with Crippen LogP contribution < -0.4 is 10.2 Å². The normalized spacial score (nSPS) is 14.6. The zero-order valence-corrected chi connectivity index (χ0v) is 14.6. The highest BCUT2D eigenvalue weighted by Gasteiger charge is 2.13. The third-order valence-electron chi connectivity index (χ3n) is 4.44. The highest BCUT2D eigenvalue weighted by atomic mass is 16.5. The van der Waals surface area contributed by atoms with Crippen LogP contribution in [0.25, 0.3) is 11.0 Å². The molecule has 26 heavy (non-hydrogen) atoms. The molecule has 0 bridgehead atoms. The van der Waals surface area contributed by atoms with Crippen LogP contribution in [0.15, 0.2) is 36.5 Å². The smallest absolute Gasteiger partial charge is 0.256 e. The van der Waals surface area contributed by atoms with Gasteiger partial charge in [0.1, 0.15) is 11.3 Å². The second-order valence-corrected chi connectivity index (χ2v) is 6.06. The Balaban J connectivity index is 1.47. The molecule has 0 unspecified atom stereocenters. The van der Waals surface area contributed by atoms with Gasteiger partial charge in [-0.1, -0.05) is 5.21 Å². The molecule has 134 valence electrons. The van der Waals surface area contributed by atoms with Gasteiger partial charge in [-0.15, -0.1) is 5.10 Å². The molecule has 1 aliphatic heterocycles. The summed E-state index contributed by atoms with van der Waals surface area (Å²) in [5, 5.41) is 11.0. The van der Waals surface area contributed by atoms with Gasteiger partial charge in [0.25, 0.3) is 5.91 Å². The number of hydrogen-bond acceptors (Lipinski definition) is 6. The number of rotatable bonds is 4. The van der Waals surface area contributed by atoms with Crippen LogP contribution in [0.2, 0.25) is 0 Å². The van der Waals surface area contributed by atoms with Gasteiger partial charge in [-0.25, -0.2) is 9.67 Å². The molecular formula is C18H20N6O2. The van der Waals surface area contributed by atoms with Crippen LogP contribution in [-0.4, -0.2) is 52.2 Å². The molecule has 3 heterocycles. The van der Waals surface area contributed by atoms with E-state index in [1.165, 1.54) is 0 Å². The van der Waals surface area contributed by atoms with E-state index in [9.17, 15) is 4.79 Å². The SMILES string of the molecule is CCn1nnc2cc(C(=O)Nc3ccc(N4CCOCC4)cn3)ccc21. The van der Waals surface area contributed by atoms with Crippen molar-refractivity contribution >= 4 is 28.4 Å². The van der Waals surface area contributed by atoms with Gasteiger partial charge in [-0.05, 0) is 37.3 Å². The van der Waals surface area contributed by atoms with Crippen molar-refractivity contribution in [3.05, 3.63) is 42.1 Å². The Morgan fingerprint density at radius 3 is 2.81 bits per heavy atom. The fourth-order valence-electron chi connectivity index (χ4n) is 3.00. The first kappa shape index (κ1) is 16.5.